The molecule has 19 heavy (non-hydrogen) atoms. The molecule has 1 aromatic rings. The van der Waals surface area contributed by atoms with Gasteiger partial charge in [0.05, 0.1) is 6.54 Å². The molecule has 1 aromatic heterocycles. The quantitative estimate of drug-likeness (QED) is 0.661. The van der Waals surface area contributed by atoms with E-state index in [0.29, 0.717) is 12.5 Å². The summed E-state index contributed by atoms with van der Waals surface area (Å²) in [5, 5.41) is 0. The summed E-state index contributed by atoms with van der Waals surface area (Å²) in [6.07, 6.45) is 1.81. The van der Waals surface area contributed by atoms with Crippen LogP contribution in [0.1, 0.15) is 5.56 Å². The second kappa shape index (κ2) is 6.65. The molecule has 1 saturated heterocycles. The maximum atomic E-state index is 6.03. The highest BCUT2D eigenvalue weighted by atomic mass is 32.2. The lowest BCUT2D eigenvalue weighted by atomic mass is 10.2. The van der Waals surface area contributed by atoms with Gasteiger partial charge in [-0.15, -0.1) is 0 Å². The molecule has 0 saturated carbocycles. The van der Waals surface area contributed by atoms with Gasteiger partial charge in [-0.05, 0) is 17.7 Å². The van der Waals surface area contributed by atoms with E-state index in [2.05, 4.69) is 14.9 Å². The fourth-order valence-corrected chi connectivity index (χ4v) is 2.77. The molecule has 0 aromatic carbocycles. The van der Waals surface area contributed by atoms with Crippen molar-refractivity contribution in [1.82, 2.24) is 9.88 Å². The first-order valence-electron chi connectivity index (χ1n) is 6.41. The van der Waals surface area contributed by atoms with Gasteiger partial charge < -0.3 is 15.5 Å². The van der Waals surface area contributed by atoms with E-state index in [0.717, 1.165) is 36.0 Å². The largest absolute Gasteiger partial charge is 0.370 e. The standard InChI is InChI=1S/C13H21N5S/c1-17(2)12-9-11(3-4-15-12)10-16-13(14)18-5-7-19-8-6-18/h3-4,9H,5-8,10H2,1-2H3,(H2,14,16). The number of pyridine rings is 1. The number of nitrogens with zero attached hydrogens (tertiary/aromatic N) is 4. The van der Waals surface area contributed by atoms with Crippen LogP contribution in [0.5, 0.6) is 0 Å². The molecule has 2 N–H and O–H groups in total. The molecule has 0 amide bonds. The molecule has 0 atom stereocenters. The molecule has 1 aliphatic heterocycles. The Hall–Kier alpha value is -1.43. The molecule has 104 valence electrons. The van der Waals surface area contributed by atoms with Crippen molar-refractivity contribution in [3.63, 3.8) is 0 Å². The van der Waals surface area contributed by atoms with Crippen LogP contribution in [0.3, 0.4) is 0 Å². The van der Waals surface area contributed by atoms with E-state index in [-0.39, 0.29) is 0 Å². The molecule has 2 heterocycles. The fourth-order valence-electron chi connectivity index (χ4n) is 1.87. The van der Waals surface area contributed by atoms with Gasteiger partial charge in [-0.2, -0.15) is 11.8 Å². The summed E-state index contributed by atoms with van der Waals surface area (Å²) in [6.45, 7) is 2.61. The maximum Gasteiger partial charge on any atom is 0.191 e. The molecule has 0 unspecified atom stereocenters. The molecule has 1 fully saturated rings. The lowest BCUT2D eigenvalue weighted by Crippen LogP contribution is -2.42. The van der Waals surface area contributed by atoms with Crippen molar-refractivity contribution >= 4 is 23.5 Å². The highest BCUT2D eigenvalue weighted by Gasteiger charge is 2.11. The van der Waals surface area contributed by atoms with Crippen molar-refractivity contribution in [3.8, 4) is 0 Å². The molecule has 2 rings (SSSR count). The van der Waals surface area contributed by atoms with Crippen molar-refractivity contribution < 1.29 is 0 Å². The number of rotatable bonds is 3. The van der Waals surface area contributed by atoms with E-state index in [1.165, 1.54) is 0 Å². The summed E-state index contributed by atoms with van der Waals surface area (Å²) in [5.74, 6) is 3.87. The van der Waals surface area contributed by atoms with E-state index < -0.39 is 0 Å². The fraction of sp³-hybridized carbons (Fsp3) is 0.538. The third-order valence-corrected chi connectivity index (χ3v) is 3.97. The van der Waals surface area contributed by atoms with Gasteiger partial charge >= 0.3 is 0 Å². The first-order valence-corrected chi connectivity index (χ1v) is 7.57. The summed E-state index contributed by atoms with van der Waals surface area (Å²) in [5.41, 5.74) is 7.17. The minimum absolute atomic E-state index is 0.610. The molecule has 1 aliphatic rings. The Morgan fingerprint density at radius 3 is 2.89 bits per heavy atom. The van der Waals surface area contributed by atoms with Crippen molar-refractivity contribution in [2.45, 2.75) is 6.54 Å². The second-order valence-electron chi connectivity index (χ2n) is 4.69. The Morgan fingerprint density at radius 1 is 1.47 bits per heavy atom. The number of guanidine groups is 1. The Balaban J connectivity index is 1.98. The second-order valence-corrected chi connectivity index (χ2v) is 5.92. The van der Waals surface area contributed by atoms with E-state index in [4.69, 9.17) is 5.73 Å². The molecule has 0 radical (unpaired) electrons. The van der Waals surface area contributed by atoms with Crippen LogP contribution in [-0.2, 0) is 6.54 Å². The zero-order chi connectivity index (χ0) is 13.7. The first-order chi connectivity index (χ1) is 9.16. The normalized spacial score (nSPS) is 16.5. The average molecular weight is 279 g/mol. The highest BCUT2D eigenvalue weighted by molar-refractivity contribution is 7.99. The zero-order valence-corrected chi connectivity index (χ0v) is 12.4. The van der Waals surface area contributed by atoms with Gasteiger partial charge in [-0.3, -0.25) is 0 Å². The highest BCUT2D eigenvalue weighted by Crippen LogP contribution is 2.11. The SMILES string of the molecule is CN(C)c1cc(CN=C(N)N2CCSCC2)ccn1. The lowest BCUT2D eigenvalue weighted by molar-refractivity contribution is 0.455. The van der Waals surface area contributed by atoms with Crippen LogP contribution in [0.25, 0.3) is 0 Å². The molecule has 0 aliphatic carbocycles. The van der Waals surface area contributed by atoms with Crippen LogP contribution in [0, 0.1) is 0 Å². The van der Waals surface area contributed by atoms with E-state index in [9.17, 15) is 0 Å². The van der Waals surface area contributed by atoms with Gasteiger partial charge in [0.1, 0.15) is 5.82 Å². The van der Waals surface area contributed by atoms with Crippen LogP contribution < -0.4 is 10.6 Å². The third kappa shape index (κ3) is 4.02. The Labute approximate surface area is 118 Å². The smallest absolute Gasteiger partial charge is 0.191 e. The summed E-state index contributed by atoms with van der Waals surface area (Å²) < 4.78 is 0. The number of anilines is 1. The summed E-state index contributed by atoms with van der Waals surface area (Å²) in [4.78, 5) is 12.9. The lowest BCUT2D eigenvalue weighted by Gasteiger charge is -2.27. The maximum absolute atomic E-state index is 6.03. The number of aliphatic imine (C=N–C) groups is 1. The van der Waals surface area contributed by atoms with Crippen LogP contribution in [0.15, 0.2) is 23.3 Å². The monoisotopic (exact) mass is 279 g/mol. The molecule has 5 nitrogen and oxygen atoms in total. The van der Waals surface area contributed by atoms with Crippen molar-refractivity contribution in [2.75, 3.05) is 43.6 Å². The molecule has 0 spiro atoms. The van der Waals surface area contributed by atoms with Crippen LogP contribution in [-0.4, -0.2) is 54.5 Å². The first kappa shape index (κ1) is 14.0. The number of aromatic nitrogens is 1. The molecule has 0 bridgehead atoms. The molecular weight excluding hydrogens is 258 g/mol. The van der Waals surface area contributed by atoms with E-state index in [1.54, 1.807) is 0 Å². The zero-order valence-electron chi connectivity index (χ0n) is 11.5. The van der Waals surface area contributed by atoms with Crippen LogP contribution in [0.4, 0.5) is 5.82 Å². The van der Waals surface area contributed by atoms with Crippen LogP contribution in [0.2, 0.25) is 0 Å². The summed E-state index contributed by atoms with van der Waals surface area (Å²) >= 11 is 1.97. The Bertz CT molecular complexity index is 440. The van der Waals surface area contributed by atoms with Gasteiger partial charge in [0.15, 0.2) is 5.96 Å². The molecule has 6 heteroatoms. The topological polar surface area (TPSA) is 57.8 Å². The summed E-state index contributed by atoms with van der Waals surface area (Å²) in [6, 6.07) is 4.03. The third-order valence-electron chi connectivity index (χ3n) is 3.03. The van der Waals surface area contributed by atoms with Crippen LogP contribution >= 0.6 is 11.8 Å². The van der Waals surface area contributed by atoms with Crippen molar-refractivity contribution in [3.05, 3.63) is 23.9 Å². The number of hydrogen-bond acceptors (Lipinski definition) is 4. The van der Waals surface area contributed by atoms with Gasteiger partial charge in [0.25, 0.3) is 0 Å². The number of hydrogen-bond donors (Lipinski definition) is 1. The Morgan fingerprint density at radius 2 is 2.21 bits per heavy atom. The minimum atomic E-state index is 0.610. The van der Waals surface area contributed by atoms with E-state index >= 15 is 0 Å². The number of thioether (sulfide) groups is 1. The van der Waals surface area contributed by atoms with Gasteiger partial charge in [0.2, 0.25) is 0 Å². The van der Waals surface area contributed by atoms with Crippen molar-refractivity contribution in [1.29, 1.82) is 0 Å². The van der Waals surface area contributed by atoms with E-state index in [1.807, 2.05) is 49.1 Å². The Kier molecular flexibility index (Phi) is 4.90. The predicted octanol–water partition coefficient (Wildman–Crippen LogP) is 1.01. The van der Waals surface area contributed by atoms with Gasteiger partial charge in [-0.25, -0.2) is 9.98 Å². The predicted molar refractivity (Wildman–Crippen MR) is 82.8 cm³/mol. The minimum Gasteiger partial charge on any atom is -0.370 e. The van der Waals surface area contributed by atoms with Gasteiger partial charge in [-0.1, -0.05) is 0 Å². The average Bonchev–Trinajstić information content (AvgIpc) is 2.46. The molecular formula is C13H21N5S. The summed E-state index contributed by atoms with van der Waals surface area (Å²) in [7, 11) is 3.96. The van der Waals surface area contributed by atoms with Gasteiger partial charge in [0, 0.05) is 44.9 Å². The number of nitrogens with two attached hydrogens (primary N) is 1. The van der Waals surface area contributed by atoms with Crippen molar-refractivity contribution in [2.24, 2.45) is 10.7 Å².